The maximum Gasteiger partial charge on any atom is 0.469 e. The van der Waals surface area contributed by atoms with E-state index in [1.54, 1.807) is 0 Å². The number of ether oxygens (including phenoxy) is 1. The van der Waals surface area contributed by atoms with E-state index >= 15 is 0 Å². The van der Waals surface area contributed by atoms with Crippen LogP contribution in [0.15, 0.2) is 12.4 Å². The van der Waals surface area contributed by atoms with Crippen molar-refractivity contribution in [1.82, 2.24) is 0 Å². The Morgan fingerprint density at radius 2 is 1.93 bits per heavy atom. The van der Waals surface area contributed by atoms with Crippen LogP contribution in [0.4, 0.5) is 26.3 Å². The number of carbonyl (C=O) groups excluding carboxylic acids is 1. The molecule has 0 aromatic heterocycles. The number of esters is 1. The van der Waals surface area contributed by atoms with Crippen molar-refractivity contribution < 1.29 is 37.2 Å². The summed E-state index contributed by atoms with van der Waals surface area (Å²) in [6.45, 7) is -3.09. The highest BCUT2D eigenvalue weighted by molar-refractivity contribution is 5.85. The highest BCUT2D eigenvalue weighted by Crippen LogP contribution is 2.36. The molecule has 0 rings (SSSR count). The molecule has 14 heavy (non-hydrogen) atoms. The fraction of sp³-hybridized carbons (Fsp3) is 0.500. The second kappa shape index (κ2) is 3.89. The minimum atomic E-state index is -5.47. The highest BCUT2D eigenvalue weighted by Gasteiger charge is 2.60. The first-order valence-electron chi connectivity index (χ1n) is 3.54. The van der Waals surface area contributed by atoms with Crippen LogP contribution in [0.5, 0.6) is 0 Å². The van der Waals surface area contributed by atoms with E-state index in [1.807, 2.05) is 0 Å². The van der Waals surface area contributed by atoms with E-state index in [2.05, 4.69) is 4.74 Å². The highest BCUT2D eigenvalue weighted by atomic mass is 19.3. The molecule has 0 saturated heterocycles. The summed E-state index contributed by atoms with van der Waals surface area (Å²) in [5.74, 6) is -9.82. The molecule has 0 aromatic rings. The summed E-state index contributed by atoms with van der Waals surface area (Å²) in [6, 6.07) is 0. The number of rotatable bonds is 4. The van der Waals surface area contributed by atoms with Gasteiger partial charge in [0.1, 0.15) is 0 Å². The van der Waals surface area contributed by atoms with Gasteiger partial charge in [0.2, 0.25) is 5.83 Å². The van der Waals surface area contributed by atoms with Gasteiger partial charge in [-0.25, -0.2) is 9.18 Å². The van der Waals surface area contributed by atoms with Gasteiger partial charge in [-0.05, 0) is 0 Å². The average Bonchev–Trinajstić information content (AvgIpc) is 2.15. The summed E-state index contributed by atoms with van der Waals surface area (Å²) >= 11 is 0. The molecule has 0 aliphatic rings. The predicted molar refractivity (Wildman–Crippen MR) is 32.2 cm³/mol. The van der Waals surface area contributed by atoms with Gasteiger partial charge in [0.05, 0.1) is 1.37 Å². The summed E-state index contributed by atoms with van der Waals surface area (Å²) in [6.07, 6.45) is -5.47. The standard InChI is InChI=1S/C6H4F6O2/c1-3(8)4(13)14-6(11,12)5(9,10)2-7/h1-2H2/i1D. The molecular weight excluding hydrogens is 218 g/mol. The number of halogens is 6. The van der Waals surface area contributed by atoms with Crippen LogP contribution < -0.4 is 0 Å². The topological polar surface area (TPSA) is 26.3 Å². The van der Waals surface area contributed by atoms with Crippen molar-refractivity contribution in [2.75, 3.05) is 6.67 Å². The average molecular weight is 223 g/mol. The molecule has 0 unspecified atom stereocenters. The Balaban J connectivity index is 4.73. The van der Waals surface area contributed by atoms with Crippen molar-refractivity contribution in [1.29, 1.82) is 0 Å². The van der Waals surface area contributed by atoms with Crippen molar-refractivity contribution in [2.45, 2.75) is 12.0 Å². The first-order chi connectivity index (χ1) is 6.68. The summed E-state index contributed by atoms with van der Waals surface area (Å²) in [7, 11) is 0. The third kappa shape index (κ3) is 2.64. The Kier molecular flexibility index (Phi) is 3.02. The largest absolute Gasteiger partial charge is 0.469 e. The molecule has 0 aliphatic heterocycles. The van der Waals surface area contributed by atoms with Crippen LogP contribution in [-0.4, -0.2) is 24.7 Å². The van der Waals surface area contributed by atoms with Crippen molar-refractivity contribution >= 4 is 5.97 Å². The van der Waals surface area contributed by atoms with Crippen molar-refractivity contribution in [3.8, 4) is 0 Å². The Morgan fingerprint density at radius 1 is 1.43 bits per heavy atom. The lowest BCUT2D eigenvalue weighted by molar-refractivity contribution is -0.332. The van der Waals surface area contributed by atoms with Gasteiger partial charge in [-0.1, -0.05) is 6.55 Å². The number of alkyl halides is 5. The van der Waals surface area contributed by atoms with Gasteiger partial charge in [-0.3, -0.25) is 0 Å². The molecule has 0 spiro atoms. The predicted octanol–water partition coefficient (Wildman–Crippen LogP) is 2.21. The fourth-order valence-corrected chi connectivity index (χ4v) is 0.318. The lowest BCUT2D eigenvalue weighted by Crippen LogP contribution is -2.45. The van der Waals surface area contributed by atoms with Gasteiger partial charge in [-0.15, -0.1) is 0 Å². The van der Waals surface area contributed by atoms with Gasteiger partial charge in [0.25, 0.3) is 0 Å². The van der Waals surface area contributed by atoms with Crippen molar-refractivity contribution in [3.05, 3.63) is 12.4 Å². The number of carbonyl (C=O) groups is 1. The molecule has 0 fully saturated rings. The summed E-state index contributed by atoms with van der Waals surface area (Å²) in [5, 5.41) is 0. The monoisotopic (exact) mass is 223 g/mol. The van der Waals surface area contributed by atoms with E-state index in [0.29, 0.717) is 0 Å². The van der Waals surface area contributed by atoms with Crippen LogP contribution in [-0.2, 0) is 9.53 Å². The van der Waals surface area contributed by atoms with Crippen LogP contribution in [0.25, 0.3) is 0 Å². The second-order valence-electron chi connectivity index (χ2n) is 2.09. The molecule has 0 bridgehead atoms. The summed E-state index contributed by atoms with van der Waals surface area (Å²) in [5.41, 5.74) is 0. The van der Waals surface area contributed by atoms with Crippen LogP contribution in [0, 0.1) is 0 Å². The van der Waals surface area contributed by atoms with Gasteiger partial charge >= 0.3 is 18.0 Å². The van der Waals surface area contributed by atoms with E-state index in [0.717, 1.165) is 0 Å². The first-order valence-corrected chi connectivity index (χ1v) is 2.97. The van der Waals surface area contributed by atoms with Crippen LogP contribution in [0.3, 0.4) is 0 Å². The zero-order valence-corrected chi connectivity index (χ0v) is 6.37. The van der Waals surface area contributed by atoms with E-state index in [4.69, 9.17) is 1.37 Å². The van der Waals surface area contributed by atoms with E-state index < -0.39 is 30.5 Å². The molecule has 0 atom stereocenters. The van der Waals surface area contributed by atoms with Gasteiger partial charge < -0.3 is 4.74 Å². The SMILES string of the molecule is [2H]C=C(F)C(=O)OC(F)(F)C(F)(F)CF. The van der Waals surface area contributed by atoms with E-state index in [-0.39, 0.29) is 6.55 Å². The Labute approximate surface area is 75.5 Å². The molecule has 0 saturated carbocycles. The third-order valence-electron chi connectivity index (χ3n) is 1.01. The third-order valence-corrected chi connectivity index (χ3v) is 1.01. The van der Waals surface area contributed by atoms with Gasteiger partial charge in [0.15, 0.2) is 6.67 Å². The number of hydrogen-bond donors (Lipinski definition) is 0. The molecule has 8 heteroatoms. The zero-order chi connectivity index (χ0) is 12.3. The van der Waals surface area contributed by atoms with Crippen molar-refractivity contribution in [2.24, 2.45) is 0 Å². The lowest BCUT2D eigenvalue weighted by atomic mass is 10.3. The van der Waals surface area contributed by atoms with E-state index in [1.165, 1.54) is 0 Å². The molecular formula is C6H4F6O2. The van der Waals surface area contributed by atoms with Gasteiger partial charge in [0, 0.05) is 0 Å². The van der Waals surface area contributed by atoms with Crippen LogP contribution in [0.2, 0.25) is 0 Å². The van der Waals surface area contributed by atoms with Crippen LogP contribution >= 0.6 is 0 Å². The quantitative estimate of drug-likeness (QED) is 0.415. The van der Waals surface area contributed by atoms with E-state index in [9.17, 15) is 31.1 Å². The maximum absolute atomic E-state index is 12.3. The molecule has 0 aliphatic carbocycles. The van der Waals surface area contributed by atoms with Crippen molar-refractivity contribution in [3.63, 3.8) is 0 Å². The minimum Gasteiger partial charge on any atom is -0.391 e. The van der Waals surface area contributed by atoms with Gasteiger partial charge in [-0.2, -0.15) is 22.0 Å². The first kappa shape index (κ1) is 10.9. The second-order valence-corrected chi connectivity index (χ2v) is 2.09. The Bertz CT molecular complexity index is 277. The molecule has 0 aromatic carbocycles. The van der Waals surface area contributed by atoms with Crippen LogP contribution in [0.1, 0.15) is 1.37 Å². The smallest absolute Gasteiger partial charge is 0.391 e. The molecule has 0 heterocycles. The fourth-order valence-electron chi connectivity index (χ4n) is 0.318. The molecule has 0 N–H and O–H groups in total. The normalized spacial score (nSPS) is 15.0. The minimum absolute atomic E-state index is 0.313. The zero-order valence-electron chi connectivity index (χ0n) is 7.37. The lowest BCUT2D eigenvalue weighted by Gasteiger charge is -2.22. The molecule has 0 amide bonds. The number of hydrogen-bond acceptors (Lipinski definition) is 2. The summed E-state index contributed by atoms with van der Waals surface area (Å²) < 4.78 is 81.0. The Hall–Kier alpha value is -1.21. The molecule has 0 radical (unpaired) electrons. The molecule has 82 valence electrons. The molecule has 2 nitrogen and oxygen atoms in total. The summed E-state index contributed by atoms with van der Waals surface area (Å²) in [4.78, 5) is 10.2. The Morgan fingerprint density at radius 3 is 2.29 bits per heavy atom. The maximum atomic E-state index is 12.3.